The second-order valence-corrected chi connectivity index (χ2v) is 5.46. The van der Waals surface area contributed by atoms with Crippen molar-refractivity contribution in [2.75, 3.05) is 0 Å². The maximum atomic E-state index is 11.4. The predicted octanol–water partition coefficient (Wildman–Crippen LogP) is 3.34. The first-order valence-corrected chi connectivity index (χ1v) is 7.59. The molecule has 0 aromatic heterocycles. The summed E-state index contributed by atoms with van der Waals surface area (Å²) in [6.07, 6.45) is 0. The van der Waals surface area contributed by atoms with Gasteiger partial charge in [-0.2, -0.15) is 10.5 Å². The summed E-state index contributed by atoms with van der Waals surface area (Å²) >= 11 is 0. The number of hydrogen-bond donors (Lipinski definition) is 1. The summed E-state index contributed by atoms with van der Waals surface area (Å²) in [6, 6.07) is 18.7. The SMILES string of the molecule is N#CC1=C(N)OC(c2ccccc2)=C(C#N)[C@@H]1c1ccccc1[N+](=O)[O-]. The number of rotatable bonds is 3. The summed E-state index contributed by atoms with van der Waals surface area (Å²) in [6.45, 7) is 0. The Morgan fingerprint density at radius 2 is 1.62 bits per heavy atom. The standard InChI is InChI=1S/C19H12N4O3/c20-10-14-17(13-8-4-5-9-16(13)23(24)25)15(11-21)19(22)26-18(14)12-6-2-1-3-7-12/h1-9,17H,22H2/t17-/m0/s1. The van der Waals surface area contributed by atoms with Crippen molar-refractivity contribution in [3.8, 4) is 12.1 Å². The van der Waals surface area contributed by atoms with Crippen molar-refractivity contribution < 1.29 is 9.66 Å². The molecule has 2 aromatic rings. The van der Waals surface area contributed by atoms with Gasteiger partial charge < -0.3 is 10.5 Å². The Morgan fingerprint density at radius 1 is 1.00 bits per heavy atom. The molecule has 7 nitrogen and oxygen atoms in total. The first-order chi connectivity index (χ1) is 12.6. The van der Waals surface area contributed by atoms with E-state index in [1.54, 1.807) is 36.4 Å². The topological polar surface area (TPSA) is 126 Å². The zero-order valence-electron chi connectivity index (χ0n) is 13.4. The molecule has 0 aliphatic carbocycles. The summed E-state index contributed by atoms with van der Waals surface area (Å²) in [5, 5.41) is 30.7. The van der Waals surface area contributed by atoms with Crippen molar-refractivity contribution in [2.45, 2.75) is 5.92 Å². The zero-order chi connectivity index (χ0) is 18.7. The lowest BCUT2D eigenvalue weighted by atomic mass is 9.82. The Bertz CT molecular complexity index is 1030. The van der Waals surface area contributed by atoms with E-state index in [1.165, 1.54) is 18.2 Å². The van der Waals surface area contributed by atoms with Crippen LogP contribution in [0.1, 0.15) is 17.0 Å². The summed E-state index contributed by atoms with van der Waals surface area (Å²) < 4.78 is 5.55. The van der Waals surface area contributed by atoms with Gasteiger partial charge in [-0.05, 0) is 0 Å². The van der Waals surface area contributed by atoms with E-state index in [4.69, 9.17) is 10.5 Å². The van der Waals surface area contributed by atoms with Crippen molar-refractivity contribution in [1.29, 1.82) is 10.5 Å². The van der Waals surface area contributed by atoms with E-state index in [1.807, 2.05) is 12.1 Å². The number of para-hydroxylation sites is 1. The molecule has 0 spiro atoms. The van der Waals surface area contributed by atoms with E-state index in [9.17, 15) is 20.6 Å². The van der Waals surface area contributed by atoms with Crippen molar-refractivity contribution in [2.24, 2.45) is 5.73 Å². The summed E-state index contributed by atoms with van der Waals surface area (Å²) in [5.74, 6) is -0.961. The molecule has 0 radical (unpaired) electrons. The van der Waals surface area contributed by atoms with Gasteiger partial charge in [-0.3, -0.25) is 10.1 Å². The number of benzene rings is 2. The molecule has 126 valence electrons. The molecule has 26 heavy (non-hydrogen) atoms. The molecular formula is C19H12N4O3. The lowest BCUT2D eigenvalue weighted by Gasteiger charge is -2.25. The third-order valence-electron chi connectivity index (χ3n) is 4.02. The van der Waals surface area contributed by atoms with Crippen LogP contribution in [0.25, 0.3) is 5.76 Å². The largest absolute Gasteiger partial charge is 0.439 e. The molecule has 3 rings (SSSR count). The number of hydrogen-bond acceptors (Lipinski definition) is 6. The molecule has 2 N–H and O–H groups in total. The molecule has 0 amide bonds. The molecule has 0 saturated heterocycles. The molecule has 1 atom stereocenters. The van der Waals surface area contributed by atoms with Gasteiger partial charge in [0.1, 0.15) is 11.6 Å². The molecule has 1 aliphatic heterocycles. The third kappa shape index (κ3) is 2.74. The van der Waals surface area contributed by atoms with E-state index in [-0.39, 0.29) is 34.0 Å². The van der Waals surface area contributed by atoms with Gasteiger partial charge in [0.25, 0.3) is 5.69 Å². The normalized spacial score (nSPS) is 16.5. The highest BCUT2D eigenvalue weighted by Crippen LogP contribution is 2.44. The Hall–Kier alpha value is -4.10. The molecule has 2 aromatic carbocycles. The predicted molar refractivity (Wildman–Crippen MR) is 92.7 cm³/mol. The minimum atomic E-state index is -0.976. The van der Waals surface area contributed by atoms with Crippen molar-refractivity contribution in [3.05, 3.63) is 92.9 Å². The summed E-state index contributed by atoms with van der Waals surface area (Å²) in [4.78, 5) is 10.9. The quantitative estimate of drug-likeness (QED) is 0.672. The van der Waals surface area contributed by atoms with Gasteiger partial charge in [0.05, 0.1) is 22.5 Å². The van der Waals surface area contributed by atoms with Crippen LogP contribution in [0.2, 0.25) is 0 Å². The van der Waals surface area contributed by atoms with Gasteiger partial charge in [0, 0.05) is 17.2 Å². The number of nitriles is 2. The third-order valence-corrected chi connectivity index (χ3v) is 4.02. The smallest absolute Gasteiger partial charge is 0.273 e. The first-order valence-electron chi connectivity index (χ1n) is 7.59. The molecule has 0 bridgehead atoms. The van der Waals surface area contributed by atoms with Crippen LogP contribution < -0.4 is 5.73 Å². The highest BCUT2D eigenvalue weighted by atomic mass is 16.6. The van der Waals surface area contributed by atoms with Gasteiger partial charge in [0.2, 0.25) is 5.88 Å². The maximum Gasteiger partial charge on any atom is 0.273 e. The average molecular weight is 344 g/mol. The lowest BCUT2D eigenvalue weighted by Crippen LogP contribution is -2.20. The number of allylic oxidation sites excluding steroid dienone is 2. The Balaban J connectivity index is 2.31. The lowest BCUT2D eigenvalue weighted by molar-refractivity contribution is -0.385. The van der Waals surface area contributed by atoms with E-state index in [0.717, 1.165) is 0 Å². The van der Waals surface area contributed by atoms with Crippen LogP contribution in [-0.4, -0.2) is 4.92 Å². The number of nitro benzene ring substituents is 1. The van der Waals surface area contributed by atoms with Crippen LogP contribution in [0.3, 0.4) is 0 Å². The maximum absolute atomic E-state index is 11.4. The van der Waals surface area contributed by atoms with Crippen molar-refractivity contribution in [3.63, 3.8) is 0 Å². The van der Waals surface area contributed by atoms with Gasteiger partial charge in [0.15, 0.2) is 5.76 Å². The van der Waals surface area contributed by atoms with Crippen LogP contribution in [0.15, 0.2) is 71.6 Å². The number of nitrogens with zero attached hydrogens (tertiary/aromatic N) is 3. The first kappa shape index (κ1) is 16.7. The Kier molecular flexibility index (Phi) is 4.38. The molecule has 1 aliphatic rings. The molecule has 0 fully saturated rings. The number of nitro groups is 1. The molecule has 7 heteroatoms. The van der Waals surface area contributed by atoms with Gasteiger partial charge in [-0.25, -0.2) is 0 Å². The second-order valence-electron chi connectivity index (χ2n) is 5.46. The summed E-state index contributed by atoms with van der Waals surface area (Å²) in [5.41, 5.74) is 6.58. The number of nitrogens with two attached hydrogens (primary N) is 1. The average Bonchev–Trinajstić information content (AvgIpc) is 2.67. The van der Waals surface area contributed by atoms with Crippen molar-refractivity contribution >= 4 is 11.4 Å². The summed E-state index contributed by atoms with van der Waals surface area (Å²) in [7, 11) is 0. The molecule has 1 heterocycles. The van der Waals surface area contributed by atoms with Crippen LogP contribution in [0.4, 0.5) is 5.69 Å². The second kappa shape index (κ2) is 6.80. The molecule has 0 saturated carbocycles. The van der Waals surface area contributed by atoms with Crippen LogP contribution in [0, 0.1) is 32.8 Å². The number of ether oxygens (including phenoxy) is 1. The molecular weight excluding hydrogens is 332 g/mol. The molecule has 0 unspecified atom stereocenters. The minimum absolute atomic E-state index is 0.0319. The highest BCUT2D eigenvalue weighted by Gasteiger charge is 2.37. The Morgan fingerprint density at radius 3 is 2.23 bits per heavy atom. The van der Waals surface area contributed by atoms with E-state index >= 15 is 0 Å². The van der Waals surface area contributed by atoms with E-state index < -0.39 is 10.8 Å². The fraction of sp³-hybridized carbons (Fsp3) is 0.0526. The minimum Gasteiger partial charge on any atom is -0.439 e. The van der Waals surface area contributed by atoms with E-state index in [2.05, 4.69) is 0 Å². The fourth-order valence-electron chi connectivity index (χ4n) is 2.89. The van der Waals surface area contributed by atoms with Crippen LogP contribution in [-0.2, 0) is 4.74 Å². The zero-order valence-corrected chi connectivity index (χ0v) is 13.4. The monoisotopic (exact) mass is 344 g/mol. The highest BCUT2D eigenvalue weighted by molar-refractivity contribution is 5.74. The van der Waals surface area contributed by atoms with Crippen LogP contribution in [0.5, 0.6) is 0 Å². The van der Waals surface area contributed by atoms with Gasteiger partial charge >= 0.3 is 0 Å². The van der Waals surface area contributed by atoms with Gasteiger partial charge in [-0.15, -0.1) is 0 Å². The van der Waals surface area contributed by atoms with Crippen molar-refractivity contribution in [1.82, 2.24) is 0 Å². The fourth-order valence-corrected chi connectivity index (χ4v) is 2.89. The van der Waals surface area contributed by atoms with Crippen LogP contribution >= 0.6 is 0 Å². The Labute approximate surface area is 149 Å². The van der Waals surface area contributed by atoms with Gasteiger partial charge in [-0.1, -0.05) is 48.5 Å². The van der Waals surface area contributed by atoms with E-state index in [0.29, 0.717) is 5.56 Å².